The van der Waals surface area contributed by atoms with Crippen LogP contribution in [-0.4, -0.2) is 36.9 Å². The van der Waals surface area contributed by atoms with Crippen molar-refractivity contribution in [3.8, 4) is 11.1 Å². The van der Waals surface area contributed by atoms with E-state index in [1.165, 1.54) is 19.2 Å². The number of fused-ring (bicyclic) bond motifs is 2. The summed E-state index contributed by atoms with van der Waals surface area (Å²) in [5.74, 6) is -0.963. The number of hydrogen-bond acceptors (Lipinski definition) is 5. The van der Waals surface area contributed by atoms with Gasteiger partial charge in [-0.2, -0.15) is 5.10 Å². The lowest BCUT2D eigenvalue weighted by atomic mass is 10.1. The van der Waals surface area contributed by atoms with Gasteiger partial charge in [-0.3, -0.25) is 19.4 Å². The Morgan fingerprint density at radius 2 is 2.15 bits per heavy atom. The SMILES string of the molecule is CSNC(=O)c1c(-c2ccc[nH]c2=O)c2nc(C)c(F)cc2n1Cc1cc2cn[nH]c2cc1Cl. The molecule has 1 aromatic carbocycles. The molecule has 0 fully saturated rings. The third kappa shape index (κ3) is 3.64. The van der Waals surface area contributed by atoms with Crippen LogP contribution in [0.1, 0.15) is 21.7 Å². The van der Waals surface area contributed by atoms with Gasteiger partial charge in [0.05, 0.1) is 34.0 Å². The average Bonchev–Trinajstić information content (AvgIpc) is 3.37. The molecule has 4 aromatic heterocycles. The summed E-state index contributed by atoms with van der Waals surface area (Å²) in [4.78, 5) is 33.1. The zero-order valence-corrected chi connectivity index (χ0v) is 19.6. The van der Waals surface area contributed by atoms with Crippen LogP contribution in [0, 0.1) is 12.7 Å². The van der Waals surface area contributed by atoms with E-state index >= 15 is 0 Å². The Morgan fingerprint density at radius 3 is 2.91 bits per heavy atom. The van der Waals surface area contributed by atoms with Crippen molar-refractivity contribution in [1.29, 1.82) is 0 Å². The van der Waals surface area contributed by atoms with Gasteiger partial charge in [0.2, 0.25) is 0 Å². The lowest BCUT2D eigenvalue weighted by Crippen LogP contribution is -2.22. The van der Waals surface area contributed by atoms with Gasteiger partial charge in [0.15, 0.2) is 0 Å². The molecule has 0 aliphatic rings. The van der Waals surface area contributed by atoms with Crippen molar-refractivity contribution in [2.45, 2.75) is 13.5 Å². The fourth-order valence-electron chi connectivity index (χ4n) is 4.05. The molecular weight excluding hydrogens is 479 g/mol. The molecule has 5 aromatic rings. The minimum absolute atomic E-state index is 0.141. The molecule has 11 heteroatoms. The molecule has 1 amide bonds. The molecule has 0 bridgehead atoms. The summed E-state index contributed by atoms with van der Waals surface area (Å²) in [7, 11) is 0. The number of halogens is 2. The molecule has 0 spiro atoms. The van der Waals surface area contributed by atoms with Crippen LogP contribution in [0.15, 0.2) is 47.5 Å². The second kappa shape index (κ2) is 8.62. The molecule has 34 heavy (non-hydrogen) atoms. The van der Waals surface area contributed by atoms with Crippen LogP contribution < -0.4 is 10.3 Å². The topological polar surface area (TPSA) is 108 Å². The van der Waals surface area contributed by atoms with E-state index in [0.29, 0.717) is 27.2 Å². The first-order chi connectivity index (χ1) is 16.4. The minimum Gasteiger partial charge on any atom is -0.330 e. The van der Waals surface area contributed by atoms with Crippen molar-refractivity contribution >= 4 is 51.4 Å². The van der Waals surface area contributed by atoms with E-state index in [1.807, 2.05) is 6.07 Å². The number of aromatic amines is 2. The molecule has 5 rings (SSSR count). The van der Waals surface area contributed by atoms with Crippen LogP contribution in [0.25, 0.3) is 33.1 Å². The molecule has 0 radical (unpaired) electrons. The highest BCUT2D eigenvalue weighted by Gasteiger charge is 2.28. The van der Waals surface area contributed by atoms with Crippen molar-refractivity contribution < 1.29 is 9.18 Å². The average molecular weight is 497 g/mol. The Kier molecular flexibility index (Phi) is 5.62. The summed E-state index contributed by atoms with van der Waals surface area (Å²) in [5.41, 5.74) is 2.72. The highest BCUT2D eigenvalue weighted by Crippen LogP contribution is 2.35. The highest BCUT2D eigenvalue weighted by molar-refractivity contribution is 7.97. The van der Waals surface area contributed by atoms with E-state index in [9.17, 15) is 14.0 Å². The van der Waals surface area contributed by atoms with Gasteiger partial charge >= 0.3 is 0 Å². The fraction of sp³-hybridized carbons (Fsp3) is 0.130. The summed E-state index contributed by atoms with van der Waals surface area (Å²) in [6.45, 7) is 1.68. The predicted octanol–water partition coefficient (Wildman–Crippen LogP) is 4.42. The molecule has 8 nitrogen and oxygen atoms in total. The van der Waals surface area contributed by atoms with E-state index in [1.54, 1.807) is 35.2 Å². The number of H-pyrrole nitrogens is 2. The molecule has 172 valence electrons. The monoisotopic (exact) mass is 496 g/mol. The summed E-state index contributed by atoms with van der Waals surface area (Å²) in [5, 5.41) is 8.19. The van der Waals surface area contributed by atoms with Crippen molar-refractivity contribution in [2.24, 2.45) is 0 Å². The number of aromatic nitrogens is 5. The third-order valence-electron chi connectivity index (χ3n) is 5.60. The van der Waals surface area contributed by atoms with Crippen LogP contribution >= 0.6 is 23.5 Å². The maximum atomic E-state index is 14.7. The van der Waals surface area contributed by atoms with E-state index in [0.717, 1.165) is 22.9 Å². The minimum atomic E-state index is -0.520. The van der Waals surface area contributed by atoms with Crippen LogP contribution in [0.5, 0.6) is 0 Å². The van der Waals surface area contributed by atoms with Gasteiger partial charge < -0.3 is 9.55 Å². The summed E-state index contributed by atoms with van der Waals surface area (Å²) in [6.07, 6.45) is 4.89. The van der Waals surface area contributed by atoms with E-state index in [2.05, 4.69) is 24.9 Å². The Hall–Kier alpha value is -3.63. The molecular formula is C23H18ClFN6O2S. The van der Waals surface area contributed by atoms with Crippen molar-refractivity contribution in [3.05, 3.63) is 80.9 Å². The number of nitrogens with one attached hydrogen (secondary N) is 3. The molecule has 0 saturated carbocycles. The Bertz CT molecular complexity index is 1640. The third-order valence-corrected chi connectivity index (χ3v) is 6.34. The van der Waals surface area contributed by atoms with Crippen LogP contribution in [0.3, 0.4) is 0 Å². The number of pyridine rings is 2. The van der Waals surface area contributed by atoms with Crippen molar-refractivity contribution in [3.63, 3.8) is 0 Å². The van der Waals surface area contributed by atoms with Gasteiger partial charge in [0, 0.05) is 41.0 Å². The molecule has 0 aliphatic carbocycles. The predicted molar refractivity (Wildman–Crippen MR) is 132 cm³/mol. The molecule has 0 saturated heterocycles. The maximum absolute atomic E-state index is 14.7. The van der Waals surface area contributed by atoms with E-state index in [-0.39, 0.29) is 29.1 Å². The van der Waals surface area contributed by atoms with Gasteiger partial charge in [-0.05, 0) is 36.8 Å². The van der Waals surface area contributed by atoms with Crippen molar-refractivity contribution in [1.82, 2.24) is 29.5 Å². The maximum Gasteiger partial charge on any atom is 0.278 e. The van der Waals surface area contributed by atoms with Gasteiger partial charge in [-0.25, -0.2) is 9.37 Å². The van der Waals surface area contributed by atoms with Gasteiger partial charge in [0.1, 0.15) is 11.5 Å². The zero-order chi connectivity index (χ0) is 24.0. The number of nitrogens with zero attached hydrogens (tertiary/aromatic N) is 3. The second-order valence-corrected chi connectivity index (χ2v) is 8.70. The first-order valence-electron chi connectivity index (χ1n) is 10.2. The van der Waals surface area contributed by atoms with Gasteiger partial charge in [-0.1, -0.05) is 23.5 Å². The smallest absolute Gasteiger partial charge is 0.278 e. The number of carbonyl (C=O) groups excluding carboxylic acids is 1. The fourth-order valence-corrected chi connectivity index (χ4v) is 4.55. The summed E-state index contributed by atoms with van der Waals surface area (Å²) < 4.78 is 19.1. The number of rotatable bonds is 5. The number of carbonyl (C=O) groups is 1. The lowest BCUT2D eigenvalue weighted by molar-refractivity contribution is 0.0977. The van der Waals surface area contributed by atoms with Crippen LogP contribution in [0.4, 0.5) is 4.39 Å². The normalized spacial score (nSPS) is 11.4. The van der Waals surface area contributed by atoms with Crippen LogP contribution in [0.2, 0.25) is 5.02 Å². The standard InChI is InChI=1S/C23H18ClFN6O2S/c1-11-16(25)8-18-20(28-11)19(14-4-3-5-26-22(14)32)21(23(33)30-34-2)31(18)10-13-6-12-9-27-29-17(12)7-15(13)24/h3-9H,10H2,1-2H3,(H,26,32)(H,27,29)(H,30,33). The highest BCUT2D eigenvalue weighted by atomic mass is 35.5. The second-order valence-electron chi connectivity index (χ2n) is 7.68. The van der Waals surface area contributed by atoms with E-state index < -0.39 is 11.7 Å². The number of benzene rings is 1. The largest absolute Gasteiger partial charge is 0.330 e. The Morgan fingerprint density at radius 1 is 1.32 bits per heavy atom. The summed E-state index contributed by atoms with van der Waals surface area (Å²) >= 11 is 7.67. The van der Waals surface area contributed by atoms with Crippen LogP contribution in [-0.2, 0) is 6.54 Å². The van der Waals surface area contributed by atoms with Gasteiger partial charge in [0.25, 0.3) is 11.5 Å². The Balaban J connectivity index is 1.86. The van der Waals surface area contributed by atoms with E-state index in [4.69, 9.17) is 11.6 Å². The lowest BCUT2D eigenvalue weighted by Gasteiger charge is -2.13. The number of hydrogen-bond donors (Lipinski definition) is 3. The first-order valence-corrected chi connectivity index (χ1v) is 11.8. The number of amides is 1. The molecule has 0 aliphatic heterocycles. The first kappa shape index (κ1) is 22.2. The Labute approximate surface area is 201 Å². The molecule has 3 N–H and O–H groups in total. The molecule has 0 atom stereocenters. The quantitative estimate of drug-likeness (QED) is 0.312. The van der Waals surface area contributed by atoms with Crippen molar-refractivity contribution in [2.75, 3.05) is 6.26 Å². The molecule has 0 unspecified atom stereocenters. The molecule has 4 heterocycles. The summed E-state index contributed by atoms with van der Waals surface area (Å²) in [6, 6.07) is 8.21. The van der Waals surface area contributed by atoms with Gasteiger partial charge in [-0.15, -0.1) is 0 Å². The number of aryl methyl sites for hydroxylation is 1. The zero-order valence-electron chi connectivity index (χ0n) is 18.1.